The topological polar surface area (TPSA) is 49.4 Å². The minimum atomic E-state index is -3.83. The van der Waals surface area contributed by atoms with Crippen LogP contribution in [0.3, 0.4) is 0 Å². The van der Waals surface area contributed by atoms with Crippen LogP contribution in [0.2, 0.25) is 0 Å². The van der Waals surface area contributed by atoms with Crippen molar-refractivity contribution in [3.05, 3.63) is 29.8 Å². The molecule has 0 aromatic heterocycles. The average Bonchev–Trinajstić information content (AvgIpc) is 2.27. The molecule has 8 heteroatoms. The molecule has 108 valence electrons. The standard InChI is InChI=1S/C11H14F2N2O2S.ClH/c1-8-7-15(3-2-14-8)18(16,17)11-5-9(12)4-10(13)6-11;/h4-6,8,14H,2-3,7H2,1H3;1H/t8-;/m1./s1. The predicted octanol–water partition coefficient (Wildman–Crippen LogP) is 1.37. The second-order valence-electron chi connectivity index (χ2n) is 4.32. The summed E-state index contributed by atoms with van der Waals surface area (Å²) < 4.78 is 51.8. The molecule has 0 saturated carbocycles. The highest BCUT2D eigenvalue weighted by molar-refractivity contribution is 7.89. The summed E-state index contributed by atoms with van der Waals surface area (Å²) in [5, 5.41) is 3.10. The van der Waals surface area contributed by atoms with Gasteiger partial charge < -0.3 is 5.32 Å². The van der Waals surface area contributed by atoms with Crippen molar-refractivity contribution in [2.75, 3.05) is 19.6 Å². The average molecular weight is 313 g/mol. The Morgan fingerprint density at radius 2 is 1.84 bits per heavy atom. The smallest absolute Gasteiger partial charge is 0.243 e. The molecule has 0 spiro atoms. The summed E-state index contributed by atoms with van der Waals surface area (Å²) in [4.78, 5) is -0.339. The van der Waals surface area contributed by atoms with E-state index in [2.05, 4.69) is 5.32 Å². The first-order valence-electron chi connectivity index (χ1n) is 5.59. The molecule has 1 heterocycles. The Kier molecular flexibility index (Phi) is 5.26. The molecule has 1 N–H and O–H groups in total. The lowest BCUT2D eigenvalue weighted by molar-refractivity contribution is 0.310. The van der Waals surface area contributed by atoms with Crippen molar-refractivity contribution in [3.8, 4) is 0 Å². The van der Waals surface area contributed by atoms with Crippen molar-refractivity contribution >= 4 is 22.4 Å². The lowest BCUT2D eigenvalue weighted by atomic mass is 10.3. The zero-order valence-corrected chi connectivity index (χ0v) is 11.9. The van der Waals surface area contributed by atoms with Gasteiger partial charge in [-0.2, -0.15) is 4.31 Å². The first-order chi connectivity index (χ1) is 8.39. The lowest BCUT2D eigenvalue weighted by Crippen LogP contribution is -2.51. The minimum Gasteiger partial charge on any atom is -0.312 e. The predicted molar refractivity (Wildman–Crippen MR) is 69.8 cm³/mol. The van der Waals surface area contributed by atoms with E-state index in [1.54, 1.807) is 0 Å². The zero-order valence-electron chi connectivity index (χ0n) is 10.3. The molecule has 4 nitrogen and oxygen atoms in total. The van der Waals surface area contributed by atoms with E-state index in [1.807, 2.05) is 6.92 Å². The van der Waals surface area contributed by atoms with E-state index in [9.17, 15) is 17.2 Å². The Bertz CT molecular complexity index is 533. The zero-order chi connectivity index (χ0) is 13.3. The summed E-state index contributed by atoms with van der Waals surface area (Å²) in [5.41, 5.74) is 0. The third-order valence-electron chi connectivity index (χ3n) is 2.81. The summed E-state index contributed by atoms with van der Waals surface area (Å²) in [7, 11) is -3.83. The molecule has 0 bridgehead atoms. The Morgan fingerprint density at radius 1 is 1.26 bits per heavy atom. The van der Waals surface area contributed by atoms with E-state index in [1.165, 1.54) is 4.31 Å². The molecule has 1 aromatic rings. The molecule has 1 aliphatic rings. The third kappa shape index (κ3) is 3.62. The van der Waals surface area contributed by atoms with Crippen molar-refractivity contribution in [3.63, 3.8) is 0 Å². The molecule has 0 unspecified atom stereocenters. The molecule has 0 radical (unpaired) electrons. The van der Waals surface area contributed by atoms with Crippen LogP contribution in [-0.2, 0) is 10.0 Å². The van der Waals surface area contributed by atoms with Gasteiger partial charge in [0.1, 0.15) is 11.6 Å². The number of rotatable bonds is 2. The van der Waals surface area contributed by atoms with Crippen LogP contribution in [0.25, 0.3) is 0 Å². The van der Waals surface area contributed by atoms with Crippen LogP contribution in [0.15, 0.2) is 23.1 Å². The van der Waals surface area contributed by atoms with Gasteiger partial charge in [-0.3, -0.25) is 0 Å². The molecule has 0 aliphatic carbocycles. The van der Waals surface area contributed by atoms with Crippen molar-refractivity contribution in [1.82, 2.24) is 9.62 Å². The molecule has 2 rings (SSSR count). The van der Waals surface area contributed by atoms with Gasteiger partial charge in [0, 0.05) is 31.7 Å². The fourth-order valence-electron chi connectivity index (χ4n) is 1.94. The molecular formula is C11H15ClF2N2O2S. The normalized spacial score (nSPS) is 20.9. The highest BCUT2D eigenvalue weighted by Crippen LogP contribution is 2.19. The minimum absolute atomic E-state index is 0. The Balaban J connectivity index is 0.00000180. The van der Waals surface area contributed by atoms with Gasteiger partial charge in [0.15, 0.2) is 0 Å². The number of sulfonamides is 1. The molecule has 1 aliphatic heterocycles. The summed E-state index contributed by atoms with van der Waals surface area (Å²) >= 11 is 0. The van der Waals surface area contributed by atoms with Gasteiger partial charge in [-0.1, -0.05) is 0 Å². The number of hydrogen-bond acceptors (Lipinski definition) is 3. The second-order valence-corrected chi connectivity index (χ2v) is 6.26. The van der Waals surface area contributed by atoms with Crippen LogP contribution in [0, 0.1) is 11.6 Å². The second kappa shape index (κ2) is 6.13. The van der Waals surface area contributed by atoms with E-state index in [0.29, 0.717) is 25.7 Å². The van der Waals surface area contributed by atoms with Gasteiger partial charge in [-0.15, -0.1) is 12.4 Å². The first-order valence-corrected chi connectivity index (χ1v) is 7.03. The summed E-state index contributed by atoms with van der Waals surface area (Å²) in [5.74, 6) is -1.78. The van der Waals surface area contributed by atoms with E-state index in [0.717, 1.165) is 12.1 Å². The van der Waals surface area contributed by atoms with Crippen molar-refractivity contribution in [2.24, 2.45) is 0 Å². The third-order valence-corrected chi connectivity index (χ3v) is 4.65. The van der Waals surface area contributed by atoms with Gasteiger partial charge in [0.05, 0.1) is 4.90 Å². The van der Waals surface area contributed by atoms with E-state index in [4.69, 9.17) is 0 Å². The monoisotopic (exact) mass is 312 g/mol. The summed E-state index contributed by atoms with van der Waals surface area (Å²) in [6, 6.07) is 2.35. The molecular weight excluding hydrogens is 298 g/mol. The SMILES string of the molecule is C[C@@H]1CN(S(=O)(=O)c2cc(F)cc(F)c2)CCN1.Cl. The summed E-state index contributed by atoms with van der Waals surface area (Å²) in [6.07, 6.45) is 0. The van der Waals surface area contributed by atoms with Crippen LogP contribution in [-0.4, -0.2) is 38.4 Å². The van der Waals surface area contributed by atoms with Gasteiger partial charge in [0.2, 0.25) is 10.0 Å². The van der Waals surface area contributed by atoms with E-state index in [-0.39, 0.29) is 23.3 Å². The van der Waals surface area contributed by atoms with Crippen LogP contribution in [0.5, 0.6) is 0 Å². The largest absolute Gasteiger partial charge is 0.312 e. The van der Waals surface area contributed by atoms with E-state index < -0.39 is 21.7 Å². The molecule has 1 aromatic carbocycles. The molecule has 1 atom stereocenters. The Labute approximate surface area is 117 Å². The quantitative estimate of drug-likeness (QED) is 0.897. The molecule has 1 saturated heterocycles. The summed E-state index contributed by atoms with van der Waals surface area (Å²) in [6.45, 7) is 2.97. The maximum absolute atomic E-state index is 13.1. The maximum Gasteiger partial charge on any atom is 0.243 e. The number of halogens is 3. The fraction of sp³-hybridized carbons (Fsp3) is 0.455. The van der Waals surface area contributed by atoms with Crippen LogP contribution >= 0.6 is 12.4 Å². The number of nitrogens with zero attached hydrogens (tertiary/aromatic N) is 1. The number of hydrogen-bond donors (Lipinski definition) is 1. The fourth-order valence-corrected chi connectivity index (χ4v) is 3.51. The van der Waals surface area contributed by atoms with Gasteiger partial charge in [0.25, 0.3) is 0 Å². The van der Waals surface area contributed by atoms with Crippen LogP contribution < -0.4 is 5.32 Å². The lowest BCUT2D eigenvalue weighted by Gasteiger charge is -2.30. The molecule has 0 amide bonds. The van der Waals surface area contributed by atoms with Gasteiger partial charge in [-0.25, -0.2) is 17.2 Å². The van der Waals surface area contributed by atoms with Crippen LogP contribution in [0.4, 0.5) is 8.78 Å². The highest BCUT2D eigenvalue weighted by atomic mass is 35.5. The van der Waals surface area contributed by atoms with Gasteiger partial charge >= 0.3 is 0 Å². The van der Waals surface area contributed by atoms with Crippen molar-refractivity contribution < 1.29 is 17.2 Å². The van der Waals surface area contributed by atoms with Gasteiger partial charge in [-0.05, 0) is 19.1 Å². The number of benzene rings is 1. The Hall–Kier alpha value is -0.760. The number of piperazine rings is 1. The molecule has 1 fully saturated rings. The number of nitrogens with one attached hydrogen (secondary N) is 1. The van der Waals surface area contributed by atoms with Crippen LogP contribution in [0.1, 0.15) is 6.92 Å². The first kappa shape index (κ1) is 16.3. The highest BCUT2D eigenvalue weighted by Gasteiger charge is 2.29. The van der Waals surface area contributed by atoms with E-state index >= 15 is 0 Å². The Morgan fingerprint density at radius 3 is 2.37 bits per heavy atom. The maximum atomic E-state index is 13.1. The van der Waals surface area contributed by atoms with Crippen molar-refractivity contribution in [1.29, 1.82) is 0 Å². The van der Waals surface area contributed by atoms with Crippen molar-refractivity contribution in [2.45, 2.75) is 17.9 Å². The molecule has 19 heavy (non-hydrogen) atoms.